The SMILES string of the molecule is CCCCCCN1CCCc2cc3c(cc21)[Si](C)(C)c1cc2c(cc1=N3)CCC[N+]=2CCC. The number of anilines is 1. The first-order chi connectivity index (χ1) is 16.0. The zero-order valence-electron chi connectivity index (χ0n) is 21.3. The summed E-state index contributed by atoms with van der Waals surface area (Å²) in [4.78, 5) is 7.99. The van der Waals surface area contributed by atoms with Crippen LogP contribution in [0.5, 0.6) is 0 Å². The Kier molecular flexibility index (Phi) is 6.48. The molecule has 2 aromatic carbocycles. The fourth-order valence-corrected chi connectivity index (χ4v) is 9.14. The predicted octanol–water partition coefficient (Wildman–Crippen LogP) is 3.95. The third-order valence-corrected chi connectivity index (χ3v) is 11.7. The highest BCUT2D eigenvalue weighted by atomic mass is 28.3. The number of benzene rings is 2. The van der Waals surface area contributed by atoms with E-state index in [0.29, 0.717) is 0 Å². The van der Waals surface area contributed by atoms with Crippen LogP contribution in [0.3, 0.4) is 0 Å². The molecule has 0 radical (unpaired) electrons. The zero-order chi connectivity index (χ0) is 23.0. The summed E-state index contributed by atoms with van der Waals surface area (Å²) in [6.07, 6.45) is 11.5. The number of fused-ring (bicyclic) bond motifs is 4. The third kappa shape index (κ3) is 4.20. The molecule has 0 N–H and O–H groups in total. The Labute approximate surface area is 201 Å². The Hall–Kier alpha value is -1.94. The van der Waals surface area contributed by atoms with Gasteiger partial charge in [0.1, 0.15) is 21.2 Å². The number of rotatable bonds is 7. The second-order valence-electron chi connectivity index (χ2n) is 11.0. The molecule has 3 aliphatic rings. The lowest BCUT2D eigenvalue weighted by atomic mass is 10.00. The summed E-state index contributed by atoms with van der Waals surface area (Å²) in [6, 6.07) is 10.0. The predicted molar refractivity (Wildman–Crippen MR) is 144 cm³/mol. The Balaban J connectivity index is 1.59. The lowest BCUT2D eigenvalue weighted by Crippen LogP contribution is -2.62. The van der Waals surface area contributed by atoms with E-state index in [1.54, 1.807) is 10.4 Å². The minimum Gasteiger partial charge on any atom is -0.371 e. The first kappa shape index (κ1) is 22.8. The van der Waals surface area contributed by atoms with E-state index in [2.05, 4.69) is 60.7 Å². The molecule has 5 rings (SSSR count). The molecule has 3 aliphatic heterocycles. The number of hydrogen-bond acceptors (Lipinski definition) is 2. The fourth-order valence-electron chi connectivity index (χ4n) is 6.32. The van der Waals surface area contributed by atoms with Gasteiger partial charge in [0, 0.05) is 43.2 Å². The quantitative estimate of drug-likeness (QED) is 0.348. The van der Waals surface area contributed by atoms with Gasteiger partial charge in [0.2, 0.25) is 5.36 Å². The maximum atomic E-state index is 5.30. The minimum absolute atomic E-state index is 1.17. The normalized spacial score (nSPS) is 18.2. The number of nitrogens with zero attached hydrogens (tertiary/aromatic N) is 3. The van der Waals surface area contributed by atoms with Crippen LogP contribution in [0.15, 0.2) is 29.3 Å². The molecular formula is C29H42N3Si+. The van der Waals surface area contributed by atoms with Crippen molar-refractivity contribution >= 4 is 29.8 Å². The molecule has 2 aromatic rings. The van der Waals surface area contributed by atoms with Gasteiger partial charge in [-0.2, -0.15) is 0 Å². The highest BCUT2D eigenvalue weighted by Gasteiger charge is 2.36. The molecule has 3 nitrogen and oxygen atoms in total. The van der Waals surface area contributed by atoms with Crippen molar-refractivity contribution in [3.8, 4) is 0 Å². The summed E-state index contributed by atoms with van der Waals surface area (Å²) in [6.45, 7) is 14.5. The van der Waals surface area contributed by atoms with Crippen LogP contribution in [0, 0.1) is 0 Å². The topological polar surface area (TPSA) is 18.6 Å². The second kappa shape index (κ2) is 9.36. The number of unbranched alkanes of at least 4 members (excludes halogenated alkanes) is 3. The van der Waals surface area contributed by atoms with Gasteiger partial charge in [0.05, 0.1) is 11.0 Å². The van der Waals surface area contributed by atoms with E-state index in [1.807, 2.05) is 0 Å². The van der Waals surface area contributed by atoms with Gasteiger partial charge in [0.15, 0.2) is 0 Å². The van der Waals surface area contributed by atoms with E-state index < -0.39 is 8.07 Å². The first-order valence-corrected chi connectivity index (χ1v) is 16.6. The van der Waals surface area contributed by atoms with Crippen LogP contribution in [-0.2, 0) is 12.8 Å². The summed E-state index contributed by atoms with van der Waals surface area (Å²) < 4.78 is 2.63. The fraction of sp³-hybridized carbons (Fsp3) is 0.586. The molecule has 3 heterocycles. The van der Waals surface area contributed by atoms with E-state index in [4.69, 9.17) is 4.99 Å². The number of hydrogen-bond donors (Lipinski definition) is 0. The van der Waals surface area contributed by atoms with Gasteiger partial charge >= 0.3 is 0 Å². The largest absolute Gasteiger partial charge is 0.371 e. The van der Waals surface area contributed by atoms with Gasteiger partial charge in [0.25, 0.3) is 0 Å². The molecule has 0 amide bonds. The molecule has 176 valence electrons. The van der Waals surface area contributed by atoms with E-state index in [0.717, 1.165) is 0 Å². The maximum Gasteiger partial charge on any atom is 0.203 e. The van der Waals surface area contributed by atoms with Crippen LogP contribution < -0.4 is 30.6 Å². The zero-order valence-corrected chi connectivity index (χ0v) is 22.3. The smallest absolute Gasteiger partial charge is 0.203 e. The molecule has 0 fully saturated rings. The van der Waals surface area contributed by atoms with Gasteiger partial charge in [-0.25, -0.2) is 9.57 Å². The molecule has 0 unspecified atom stereocenters. The molecule has 0 atom stereocenters. The van der Waals surface area contributed by atoms with Gasteiger partial charge in [-0.1, -0.05) is 46.2 Å². The highest BCUT2D eigenvalue weighted by molar-refractivity contribution is 7.01. The molecule has 4 heteroatoms. The van der Waals surface area contributed by atoms with Gasteiger partial charge in [-0.3, -0.25) is 0 Å². The third-order valence-electron chi connectivity index (χ3n) is 8.19. The van der Waals surface area contributed by atoms with Crippen molar-refractivity contribution in [3.05, 3.63) is 46.1 Å². The van der Waals surface area contributed by atoms with Crippen molar-refractivity contribution in [1.29, 1.82) is 0 Å². The van der Waals surface area contributed by atoms with Gasteiger partial charge < -0.3 is 4.90 Å². The lowest BCUT2D eigenvalue weighted by Gasteiger charge is -2.36. The molecule has 0 aliphatic carbocycles. The first-order valence-electron chi connectivity index (χ1n) is 13.6. The van der Waals surface area contributed by atoms with Gasteiger partial charge in [-0.15, -0.1) is 0 Å². The Bertz CT molecular complexity index is 1160. The average Bonchev–Trinajstić information content (AvgIpc) is 2.81. The van der Waals surface area contributed by atoms with E-state index in [9.17, 15) is 0 Å². The van der Waals surface area contributed by atoms with Crippen LogP contribution in [0.25, 0.3) is 0 Å². The maximum absolute atomic E-state index is 5.30. The molecular weight excluding hydrogens is 418 g/mol. The Morgan fingerprint density at radius 3 is 2.58 bits per heavy atom. The van der Waals surface area contributed by atoms with Crippen LogP contribution in [0.4, 0.5) is 11.4 Å². The minimum atomic E-state index is -1.82. The summed E-state index contributed by atoms with van der Waals surface area (Å²) in [7, 11) is -1.82. The summed E-state index contributed by atoms with van der Waals surface area (Å²) in [5.41, 5.74) is 5.83. The second-order valence-corrected chi connectivity index (χ2v) is 15.3. The van der Waals surface area contributed by atoms with Crippen LogP contribution in [0.1, 0.15) is 69.9 Å². The van der Waals surface area contributed by atoms with E-state index in [1.165, 1.54) is 117 Å². The monoisotopic (exact) mass is 460 g/mol. The summed E-state index contributed by atoms with van der Waals surface area (Å²) in [5, 5.41) is 5.86. The van der Waals surface area contributed by atoms with Crippen LogP contribution >= 0.6 is 0 Å². The van der Waals surface area contributed by atoms with E-state index >= 15 is 0 Å². The standard InChI is InChI=1S/C29H42N3Si/c1-5-7-8-9-15-32-17-11-13-23-19-25-29(21-27(23)32)33(3,4)28-20-26-22(18-24(28)30-25)12-10-16-31(26)14-6-2/h18-21H,5-17H2,1-4H3/q+1. The van der Waals surface area contributed by atoms with Crippen molar-refractivity contribution in [2.45, 2.75) is 84.7 Å². The van der Waals surface area contributed by atoms with Crippen LogP contribution in [-0.4, -0.2) is 34.3 Å². The Morgan fingerprint density at radius 1 is 0.909 bits per heavy atom. The average molecular weight is 461 g/mol. The Morgan fingerprint density at radius 2 is 1.76 bits per heavy atom. The van der Waals surface area contributed by atoms with Crippen molar-refractivity contribution in [1.82, 2.24) is 4.58 Å². The molecule has 0 saturated carbocycles. The van der Waals surface area contributed by atoms with E-state index in [-0.39, 0.29) is 0 Å². The summed E-state index contributed by atoms with van der Waals surface area (Å²) in [5.74, 6) is 0. The number of aryl methyl sites for hydroxylation is 2. The molecule has 0 spiro atoms. The van der Waals surface area contributed by atoms with Gasteiger partial charge in [-0.05, 0) is 59.8 Å². The summed E-state index contributed by atoms with van der Waals surface area (Å²) >= 11 is 0. The highest BCUT2D eigenvalue weighted by Crippen LogP contribution is 2.32. The lowest BCUT2D eigenvalue weighted by molar-refractivity contribution is 0.516. The van der Waals surface area contributed by atoms with Crippen molar-refractivity contribution < 1.29 is 0 Å². The molecule has 0 aromatic heterocycles. The van der Waals surface area contributed by atoms with Crippen molar-refractivity contribution in [2.24, 2.45) is 4.99 Å². The molecule has 33 heavy (non-hydrogen) atoms. The van der Waals surface area contributed by atoms with Crippen molar-refractivity contribution in [2.75, 3.05) is 31.1 Å². The van der Waals surface area contributed by atoms with Crippen LogP contribution in [0.2, 0.25) is 13.1 Å². The van der Waals surface area contributed by atoms with Crippen molar-refractivity contribution in [3.63, 3.8) is 0 Å². The molecule has 0 saturated heterocycles. The molecule has 0 bridgehead atoms.